The van der Waals surface area contributed by atoms with Crippen molar-refractivity contribution in [3.05, 3.63) is 58.2 Å². The van der Waals surface area contributed by atoms with Gasteiger partial charge in [-0.2, -0.15) is 5.10 Å². The Morgan fingerprint density at radius 1 is 1.21 bits per heavy atom. The SMILES string of the molecule is COc1ccc(-c2n[nH]c(CNC(=O)c3sc(-c4cccs4)nc3C)n2)cc1. The van der Waals surface area contributed by atoms with Gasteiger partial charge in [-0.25, -0.2) is 9.97 Å². The monoisotopic (exact) mass is 411 g/mol. The summed E-state index contributed by atoms with van der Waals surface area (Å²) < 4.78 is 5.15. The lowest BCUT2D eigenvalue weighted by Gasteiger charge is -2.01. The molecular weight excluding hydrogens is 394 g/mol. The summed E-state index contributed by atoms with van der Waals surface area (Å²) in [7, 11) is 1.62. The van der Waals surface area contributed by atoms with Gasteiger partial charge < -0.3 is 10.1 Å². The Kier molecular flexibility index (Phi) is 5.18. The average molecular weight is 412 g/mol. The number of carbonyl (C=O) groups is 1. The second-order valence-electron chi connectivity index (χ2n) is 5.93. The number of benzene rings is 1. The molecule has 0 fully saturated rings. The number of aromatic amines is 1. The van der Waals surface area contributed by atoms with Crippen molar-refractivity contribution in [1.29, 1.82) is 0 Å². The van der Waals surface area contributed by atoms with Gasteiger partial charge in [0, 0.05) is 5.56 Å². The van der Waals surface area contributed by atoms with Gasteiger partial charge in [0.15, 0.2) is 5.82 Å². The first-order valence-corrected chi connectivity index (χ1v) is 10.2. The van der Waals surface area contributed by atoms with Crippen molar-refractivity contribution in [3.63, 3.8) is 0 Å². The van der Waals surface area contributed by atoms with E-state index in [1.165, 1.54) is 11.3 Å². The molecule has 0 saturated carbocycles. The first-order valence-electron chi connectivity index (χ1n) is 8.49. The van der Waals surface area contributed by atoms with E-state index in [0.717, 1.165) is 26.9 Å². The van der Waals surface area contributed by atoms with Crippen LogP contribution in [-0.4, -0.2) is 33.2 Å². The molecule has 0 atom stereocenters. The van der Waals surface area contributed by atoms with E-state index >= 15 is 0 Å². The van der Waals surface area contributed by atoms with Crippen LogP contribution in [0.25, 0.3) is 21.3 Å². The zero-order valence-corrected chi connectivity index (χ0v) is 16.9. The minimum Gasteiger partial charge on any atom is -0.497 e. The van der Waals surface area contributed by atoms with Crippen LogP contribution >= 0.6 is 22.7 Å². The summed E-state index contributed by atoms with van der Waals surface area (Å²) >= 11 is 3.00. The Balaban J connectivity index is 1.42. The maximum atomic E-state index is 12.6. The fourth-order valence-corrected chi connectivity index (χ4v) is 4.38. The summed E-state index contributed by atoms with van der Waals surface area (Å²) in [6.07, 6.45) is 0. The number of ether oxygens (including phenoxy) is 1. The van der Waals surface area contributed by atoms with Gasteiger partial charge in [0.1, 0.15) is 21.5 Å². The standard InChI is InChI=1S/C19H17N5O2S2/c1-11-16(28-19(21-11)14-4-3-9-27-14)18(25)20-10-15-22-17(24-23-15)12-5-7-13(26-2)8-6-12/h3-9H,10H2,1-2H3,(H,20,25)(H,22,23,24). The zero-order valence-electron chi connectivity index (χ0n) is 15.2. The minimum absolute atomic E-state index is 0.166. The van der Waals surface area contributed by atoms with E-state index in [0.29, 0.717) is 16.5 Å². The van der Waals surface area contributed by atoms with Crippen molar-refractivity contribution >= 4 is 28.6 Å². The highest BCUT2D eigenvalue weighted by atomic mass is 32.1. The first kappa shape index (κ1) is 18.3. The molecule has 3 heterocycles. The second-order valence-corrected chi connectivity index (χ2v) is 7.87. The Morgan fingerprint density at radius 2 is 2.04 bits per heavy atom. The third-order valence-corrected chi connectivity index (χ3v) is 6.23. The molecule has 2 N–H and O–H groups in total. The molecule has 0 aliphatic heterocycles. The summed E-state index contributed by atoms with van der Waals surface area (Å²) in [4.78, 5) is 23.2. The summed E-state index contributed by atoms with van der Waals surface area (Å²) in [5.74, 6) is 1.76. The van der Waals surface area contributed by atoms with E-state index in [1.54, 1.807) is 18.4 Å². The van der Waals surface area contributed by atoms with Crippen LogP contribution in [0.5, 0.6) is 5.75 Å². The van der Waals surface area contributed by atoms with Crippen LogP contribution in [0.4, 0.5) is 0 Å². The van der Waals surface area contributed by atoms with Crippen LogP contribution in [0.3, 0.4) is 0 Å². The second kappa shape index (κ2) is 7.91. The van der Waals surface area contributed by atoms with Crippen molar-refractivity contribution in [1.82, 2.24) is 25.5 Å². The number of thiophene rings is 1. The maximum Gasteiger partial charge on any atom is 0.263 e. The fraction of sp³-hybridized carbons (Fsp3) is 0.158. The summed E-state index contributed by atoms with van der Waals surface area (Å²) in [5.41, 5.74) is 1.59. The molecule has 0 aliphatic rings. The van der Waals surface area contributed by atoms with Crippen LogP contribution in [-0.2, 0) is 6.54 Å². The third kappa shape index (κ3) is 3.80. The third-order valence-electron chi connectivity index (χ3n) is 4.03. The maximum absolute atomic E-state index is 12.6. The average Bonchev–Trinajstić information content (AvgIpc) is 3.46. The number of rotatable bonds is 6. The smallest absolute Gasteiger partial charge is 0.263 e. The van der Waals surface area contributed by atoms with Gasteiger partial charge in [-0.15, -0.1) is 22.7 Å². The van der Waals surface area contributed by atoms with E-state index < -0.39 is 0 Å². The lowest BCUT2D eigenvalue weighted by molar-refractivity contribution is 0.0953. The number of nitrogens with zero attached hydrogens (tertiary/aromatic N) is 3. The number of H-pyrrole nitrogens is 1. The van der Waals surface area contributed by atoms with E-state index in [2.05, 4.69) is 25.5 Å². The lowest BCUT2D eigenvalue weighted by Crippen LogP contribution is -2.23. The fourth-order valence-electron chi connectivity index (χ4n) is 2.60. The molecular formula is C19H17N5O2S2. The highest BCUT2D eigenvalue weighted by Gasteiger charge is 2.17. The van der Waals surface area contributed by atoms with Gasteiger partial charge in [-0.05, 0) is 42.6 Å². The van der Waals surface area contributed by atoms with E-state index in [-0.39, 0.29) is 12.5 Å². The molecule has 9 heteroatoms. The number of methoxy groups -OCH3 is 1. The summed E-state index contributed by atoms with van der Waals surface area (Å²) in [6, 6.07) is 11.4. The molecule has 142 valence electrons. The molecule has 1 aromatic carbocycles. The highest BCUT2D eigenvalue weighted by Crippen LogP contribution is 2.31. The van der Waals surface area contributed by atoms with Crippen LogP contribution in [0.15, 0.2) is 41.8 Å². The molecule has 1 amide bonds. The Labute approximate surface area is 169 Å². The van der Waals surface area contributed by atoms with Crippen LogP contribution < -0.4 is 10.1 Å². The van der Waals surface area contributed by atoms with Crippen molar-refractivity contribution in [3.8, 4) is 27.0 Å². The number of carbonyl (C=O) groups excluding carboxylic acids is 1. The van der Waals surface area contributed by atoms with Gasteiger partial charge in [0.2, 0.25) is 0 Å². The number of hydrogen-bond donors (Lipinski definition) is 2. The molecule has 7 nitrogen and oxygen atoms in total. The van der Waals surface area contributed by atoms with Gasteiger partial charge in [-0.3, -0.25) is 9.89 Å². The Bertz CT molecular complexity index is 1080. The van der Waals surface area contributed by atoms with E-state index in [9.17, 15) is 4.79 Å². The van der Waals surface area contributed by atoms with E-state index in [4.69, 9.17) is 4.74 Å². The number of hydrogen-bond acceptors (Lipinski definition) is 7. The summed E-state index contributed by atoms with van der Waals surface area (Å²) in [6.45, 7) is 2.10. The van der Waals surface area contributed by atoms with Gasteiger partial charge in [-0.1, -0.05) is 6.07 Å². The molecule has 0 aliphatic carbocycles. The normalized spacial score (nSPS) is 10.8. The lowest BCUT2D eigenvalue weighted by atomic mass is 10.2. The van der Waals surface area contributed by atoms with Gasteiger partial charge >= 0.3 is 0 Å². The van der Waals surface area contributed by atoms with Gasteiger partial charge in [0.05, 0.1) is 24.2 Å². The quantitative estimate of drug-likeness (QED) is 0.502. The molecule has 0 saturated heterocycles. The number of aryl methyl sites for hydroxylation is 1. The van der Waals surface area contributed by atoms with Crippen molar-refractivity contribution in [2.75, 3.05) is 7.11 Å². The van der Waals surface area contributed by atoms with Crippen molar-refractivity contribution in [2.45, 2.75) is 13.5 Å². The largest absolute Gasteiger partial charge is 0.497 e. The zero-order chi connectivity index (χ0) is 19.5. The Hall–Kier alpha value is -3.04. The highest BCUT2D eigenvalue weighted by molar-refractivity contribution is 7.22. The van der Waals surface area contributed by atoms with Crippen LogP contribution in [0.1, 0.15) is 21.2 Å². The molecule has 4 rings (SSSR count). The van der Waals surface area contributed by atoms with Crippen molar-refractivity contribution in [2.24, 2.45) is 0 Å². The number of thiazole rings is 1. The van der Waals surface area contributed by atoms with E-state index in [1.807, 2.05) is 48.7 Å². The summed E-state index contributed by atoms with van der Waals surface area (Å²) in [5, 5.41) is 12.8. The van der Waals surface area contributed by atoms with Crippen LogP contribution in [0, 0.1) is 6.92 Å². The van der Waals surface area contributed by atoms with Crippen molar-refractivity contribution < 1.29 is 9.53 Å². The first-order chi connectivity index (χ1) is 13.6. The molecule has 0 radical (unpaired) electrons. The number of aromatic nitrogens is 4. The number of amides is 1. The molecule has 0 bridgehead atoms. The molecule has 0 spiro atoms. The van der Waals surface area contributed by atoms with Gasteiger partial charge in [0.25, 0.3) is 5.91 Å². The number of nitrogens with one attached hydrogen (secondary N) is 2. The predicted octanol–water partition coefficient (Wildman–Crippen LogP) is 3.90. The Morgan fingerprint density at radius 3 is 2.75 bits per heavy atom. The topological polar surface area (TPSA) is 92.8 Å². The van der Waals surface area contributed by atoms with Crippen LogP contribution in [0.2, 0.25) is 0 Å². The molecule has 0 unspecified atom stereocenters. The molecule has 3 aromatic heterocycles. The minimum atomic E-state index is -0.166. The molecule has 28 heavy (non-hydrogen) atoms. The molecule has 4 aromatic rings. The predicted molar refractivity (Wildman–Crippen MR) is 110 cm³/mol.